The summed E-state index contributed by atoms with van der Waals surface area (Å²) < 4.78 is 0. The van der Waals surface area contributed by atoms with Gasteiger partial charge in [0.15, 0.2) is 0 Å². The van der Waals surface area contributed by atoms with E-state index in [2.05, 4.69) is 27.6 Å². The van der Waals surface area contributed by atoms with Crippen LogP contribution in [0.5, 0.6) is 0 Å². The summed E-state index contributed by atoms with van der Waals surface area (Å²) in [4.78, 5) is 14.7. The Balaban J connectivity index is 1.47. The molecule has 0 spiro atoms. The Morgan fingerprint density at radius 2 is 2.15 bits per heavy atom. The van der Waals surface area contributed by atoms with Crippen molar-refractivity contribution in [3.8, 4) is 0 Å². The number of hydrogen-bond donors (Lipinski definition) is 2. The number of nitrogens with zero attached hydrogens (tertiary/aromatic N) is 2. The maximum absolute atomic E-state index is 12.9. The lowest BCUT2D eigenvalue weighted by molar-refractivity contribution is 0.0783. The van der Waals surface area contributed by atoms with Gasteiger partial charge in [-0.15, -0.1) is 0 Å². The van der Waals surface area contributed by atoms with E-state index in [1.54, 1.807) is 4.90 Å². The summed E-state index contributed by atoms with van der Waals surface area (Å²) in [5.74, 6) is 0.586. The first-order chi connectivity index (χ1) is 12.7. The van der Waals surface area contributed by atoms with Gasteiger partial charge in [0.05, 0.1) is 12.2 Å². The fourth-order valence-corrected chi connectivity index (χ4v) is 4.26. The van der Waals surface area contributed by atoms with Gasteiger partial charge in [0, 0.05) is 24.8 Å². The highest BCUT2D eigenvalue weighted by atomic mass is 16.2. The van der Waals surface area contributed by atoms with Crippen LogP contribution >= 0.6 is 0 Å². The number of carbonyl (C=O) groups is 1. The molecule has 1 aromatic carbocycles. The van der Waals surface area contributed by atoms with Crippen LogP contribution in [-0.2, 0) is 19.4 Å². The van der Waals surface area contributed by atoms with Gasteiger partial charge in [0.1, 0.15) is 0 Å². The summed E-state index contributed by atoms with van der Waals surface area (Å²) in [5, 5.41) is 11.1. The highest BCUT2D eigenvalue weighted by molar-refractivity contribution is 5.94. The zero-order chi connectivity index (χ0) is 17.9. The molecule has 1 atom stereocenters. The summed E-state index contributed by atoms with van der Waals surface area (Å²) in [6.45, 7) is 2.68. The Hall–Kier alpha value is -2.14. The predicted octanol–water partition coefficient (Wildman–Crippen LogP) is 3.03. The molecule has 1 aromatic heterocycles. The summed E-state index contributed by atoms with van der Waals surface area (Å²) in [6.07, 6.45) is 7.00. The van der Waals surface area contributed by atoms with Gasteiger partial charge in [-0.25, -0.2) is 0 Å². The highest BCUT2D eigenvalue weighted by Crippen LogP contribution is 2.25. The largest absolute Gasteiger partial charge is 0.336 e. The van der Waals surface area contributed by atoms with Crippen LogP contribution in [0.15, 0.2) is 24.3 Å². The second kappa shape index (κ2) is 7.62. The lowest BCUT2D eigenvalue weighted by atomic mass is 9.90. The Bertz CT molecular complexity index is 776. The lowest BCUT2D eigenvalue weighted by Crippen LogP contribution is -2.29. The van der Waals surface area contributed by atoms with Crippen LogP contribution < -0.4 is 5.32 Å². The van der Waals surface area contributed by atoms with Crippen molar-refractivity contribution in [1.29, 1.82) is 0 Å². The van der Waals surface area contributed by atoms with Gasteiger partial charge in [0.25, 0.3) is 5.91 Å². The summed E-state index contributed by atoms with van der Waals surface area (Å²) in [7, 11) is 1.88. The summed E-state index contributed by atoms with van der Waals surface area (Å²) in [6, 6.07) is 8.18. The van der Waals surface area contributed by atoms with E-state index in [9.17, 15) is 4.79 Å². The molecule has 1 aliphatic carbocycles. The van der Waals surface area contributed by atoms with Gasteiger partial charge in [-0.2, -0.15) is 5.10 Å². The van der Waals surface area contributed by atoms with Crippen LogP contribution in [0.4, 0.5) is 0 Å². The van der Waals surface area contributed by atoms with E-state index >= 15 is 0 Å². The van der Waals surface area contributed by atoms with Crippen LogP contribution in [0.3, 0.4) is 0 Å². The molecule has 138 valence electrons. The first-order valence-electron chi connectivity index (χ1n) is 9.83. The van der Waals surface area contributed by atoms with E-state index in [-0.39, 0.29) is 5.91 Å². The molecule has 1 saturated heterocycles. The molecule has 2 aliphatic rings. The minimum absolute atomic E-state index is 0.0724. The van der Waals surface area contributed by atoms with E-state index in [1.807, 2.05) is 19.2 Å². The van der Waals surface area contributed by atoms with E-state index < -0.39 is 0 Å². The predicted molar refractivity (Wildman–Crippen MR) is 102 cm³/mol. The number of fused-ring (bicyclic) bond motifs is 1. The van der Waals surface area contributed by atoms with Crippen molar-refractivity contribution in [1.82, 2.24) is 20.4 Å². The number of aromatic amines is 1. The topological polar surface area (TPSA) is 61.0 Å². The van der Waals surface area contributed by atoms with Gasteiger partial charge in [0.2, 0.25) is 0 Å². The molecule has 1 aliphatic heterocycles. The van der Waals surface area contributed by atoms with Crippen LogP contribution in [0.2, 0.25) is 0 Å². The molecule has 5 nitrogen and oxygen atoms in total. The van der Waals surface area contributed by atoms with Crippen molar-refractivity contribution in [2.24, 2.45) is 0 Å². The Morgan fingerprint density at radius 1 is 1.27 bits per heavy atom. The molecular weight excluding hydrogens is 324 g/mol. The minimum Gasteiger partial charge on any atom is -0.336 e. The number of aromatic nitrogens is 2. The lowest BCUT2D eigenvalue weighted by Gasteiger charge is -2.24. The molecule has 4 rings (SSSR count). The van der Waals surface area contributed by atoms with Crippen molar-refractivity contribution >= 4 is 5.91 Å². The number of benzene rings is 1. The number of amides is 1. The molecule has 2 aromatic rings. The van der Waals surface area contributed by atoms with E-state index in [4.69, 9.17) is 0 Å². The van der Waals surface area contributed by atoms with Gasteiger partial charge in [-0.05, 0) is 74.2 Å². The standard InChI is InChI=1S/C21H28N4O/c1-25(14-20-18-9-2-3-10-19(18)23-24-20)21(26)16-7-4-6-15(12-16)17-8-5-11-22-13-17/h4,6-7,12,17,22H,2-3,5,8-11,13-14H2,1H3,(H,23,24). The van der Waals surface area contributed by atoms with Crippen molar-refractivity contribution in [3.05, 3.63) is 52.3 Å². The summed E-state index contributed by atoms with van der Waals surface area (Å²) in [5.41, 5.74) is 5.67. The molecule has 1 amide bonds. The average molecular weight is 352 g/mol. The van der Waals surface area contributed by atoms with E-state index in [1.165, 1.54) is 42.5 Å². The normalized spacial score (nSPS) is 19.8. The zero-order valence-electron chi connectivity index (χ0n) is 15.6. The fourth-order valence-electron chi connectivity index (χ4n) is 4.26. The average Bonchev–Trinajstić information content (AvgIpc) is 3.11. The second-order valence-electron chi connectivity index (χ2n) is 7.66. The van der Waals surface area contributed by atoms with Gasteiger partial charge < -0.3 is 10.2 Å². The monoisotopic (exact) mass is 352 g/mol. The molecule has 2 heterocycles. The third kappa shape index (κ3) is 3.54. The number of rotatable bonds is 4. The quantitative estimate of drug-likeness (QED) is 0.889. The first-order valence-corrected chi connectivity index (χ1v) is 9.83. The smallest absolute Gasteiger partial charge is 0.253 e. The third-order valence-corrected chi connectivity index (χ3v) is 5.78. The molecular formula is C21H28N4O. The molecule has 0 bridgehead atoms. The van der Waals surface area contributed by atoms with Crippen molar-refractivity contribution in [2.45, 2.75) is 51.0 Å². The maximum Gasteiger partial charge on any atom is 0.253 e. The zero-order valence-corrected chi connectivity index (χ0v) is 15.6. The number of piperidine rings is 1. The highest BCUT2D eigenvalue weighted by Gasteiger charge is 2.21. The van der Waals surface area contributed by atoms with Gasteiger partial charge >= 0.3 is 0 Å². The number of aryl methyl sites for hydroxylation is 1. The van der Waals surface area contributed by atoms with E-state index in [0.29, 0.717) is 12.5 Å². The molecule has 1 fully saturated rings. The van der Waals surface area contributed by atoms with Crippen LogP contribution in [-0.4, -0.2) is 41.1 Å². The number of hydrogen-bond acceptors (Lipinski definition) is 3. The molecule has 5 heteroatoms. The van der Waals surface area contributed by atoms with Crippen molar-refractivity contribution in [3.63, 3.8) is 0 Å². The Morgan fingerprint density at radius 3 is 3.00 bits per heavy atom. The maximum atomic E-state index is 12.9. The van der Waals surface area contributed by atoms with E-state index in [0.717, 1.165) is 37.2 Å². The Kier molecular flexibility index (Phi) is 5.07. The van der Waals surface area contributed by atoms with Crippen LogP contribution in [0.1, 0.15) is 64.5 Å². The second-order valence-corrected chi connectivity index (χ2v) is 7.66. The summed E-state index contributed by atoms with van der Waals surface area (Å²) >= 11 is 0. The van der Waals surface area contributed by atoms with Gasteiger partial charge in [-0.3, -0.25) is 9.89 Å². The van der Waals surface area contributed by atoms with Crippen molar-refractivity contribution < 1.29 is 4.79 Å². The molecule has 0 radical (unpaired) electrons. The number of H-pyrrole nitrogens is 1. The molecule has 1 unspecified atom stereocenters. The minimum atomic E-state index is 0.0724. The van der Waals surface area contributed by atoms with Crippen molar-refractivity contribution in [2.75, 3.05) is 20.1 Å². The molecule has 26 heavy (non-hydrogen) atoms. The van der Waals surface area contributed by atoms with Crippen LogP contribution in [0.25, 0.3) is 0 Å². The van der Waals surface area contributed by atoms with Gasteiger partial charge in [-0.1, -0.05) is 12.1 Å². The fraction of sp³-hybridized carbons (Fsp3) is 0.524. The SMILES string of the molecule is CN(Cc1n[nH]c2c1CCCC2)C(=O)c1cccc(C2CCCNC2)c1. The Labute approximate surface area is 155 Å². The molecule has 0 saturated carbocycles. The number of nitrogens with one attached hydrogen (secondary N) is 2. The first kappa shape index (κ1) is 17.3. The number of carbonyl (C=O) groups excluding carboxylic acids is 1. The van der Waals surface area contributed by atoms with Crippen LogP contribution in [0, 0.1) is 0 Å². The third-order valence-electron chi connectivity index (χ3n) is 5.78. The molecule has 2 N–H and O–H groups in total.